The summed E-state index contributed by atoms with van der Waals surface area (Å²) in [4.78, 5) is 33.3. The molecule has 0 unspecified atom stereocenters. The zero-order chi connectivity index (χ0) is 12.0. The minimum Gasteiger partial charge on any atom is -0.359 e. The number of ketones is 1. The second kappa shape index (κ2) is 6.16. The van der Waals surface area contributed by atoms with Crippen LogP contribution in [0.3, 0.4) is 0 Å². The molecule has 0 bridgehead atoms. The third kappa shape index (κ3) is 5.15. The number of carbonyl (C=O) groups excluding carboxylic acids is 3. The lowest BCUT2D eigenvalue weighted by Crippen LogP contribution is -2.41. The van der Waals surface area contributed by atoms with Crippen molar-refractivity contribution in [3.05, 3.63) is 0 Å². The van der Waals surface area contributed by atoms with Crippen LogP contribution in [0.25, 0.3) is 0 Å². The van der Waals surface area contributed by atoms with Crippen molar-refractivity contribution in [3.8, 4) is 0 Å². The molecule has 0 aliphatic rings. The van der Waals surface area contributed by atoms with Gasteiger partial charge in [0.25, 0.3) is 0 Å². The Morgan fingerprint density at radius 2 is 1.73 bits per heavy atom. The van der Waals surface area contributed by atoms with Gasteiger partial charge in [-0.3, -0.25) is 14.4 Å². The van der Waals surface area contributed by atoms with E-state index in [4.69, 9.17) is 0 Å². The molecule has 15 heavy (non-hydrogen) atoms. The van der Waals surface area contributed by atoms with Gasteiger partial charge in [-0.2, -0.15) is 0 Å². The molecule has 0 saturated carbocycles. The van der Waals surface area contributed by atoms with Crippen molar-refractivity contribution in [2.24, 2.45) is 5.92 Å². The van der Waals surface area contributed by atoms with Gasteiger partial charge in [0, 0.05) is 19.4 Å². The van der Waals surface area contributed by atoms with E-state index in [-0.39, 0.29) is 24.0 Å². The summed E-state index contributed by atoms with van der Waals surface area (Å²) in [6.07, 6.45) is 0.132. The van der Waals surface area contributed by atoms with Crippen LogP contribution in [0.5, 0.6) is 0 Å². The second-order valence-corrected chi connectivity index (χ2v) is 3.62. The first kappa shape index (κ1) is 13.6. The summed E-state index contributed by atoms with van der Waals surface area (Å²) >= 11 is 0. The molecule has 2 atom stereocenters. The summed E-state index contributed by atoms with van der Waals surface area (Å²) < 4.78 is 0. The van der Waals surface area contributed by atoms with Crippen LogP contribution in [0.1, 0.15) is 27.2 Å². The Morgan fingerprint density at radius 3 is 2.13 bits per heavy atom. The highest BCUT2D eigenvalue weighted by Crippen LogP contribution is 2.02. The molecule has 5 nitrogen and oxygen atoms in total. The summed E-state index contributed by atoms with van der Waals surface area (Å²) in [6, 6.07) is -0.496. The van der Waals surface area contributed by atoms with E-state index >= 15 is 0 Å². The average Bonchev–Trinajstić information content (AvgIpc) is 2.16. The van der Waals surface area contributed by atoms with Crippen molar-refractivity contribution >= 4 is 17.6 Å². The third-order valence-electron chi connectivity index (χ3n) is 2.19. The first-order valence-electron chi connectivity index (χ1n) is 4.89. The molecule has 5 heteroatoms. The van der Waals surface area contributed by atoms with Gasteiger partial charge in [-0.25, -0.2) is 0 Å². The Morgan fingerprint density at radius 1 is 1.20 bits per heavy atom. The number of hydrogen-bond donors (Lipinski definition) is 2. The van der Waals surface area contributed by atoms with Crippen LogP contribution in [-0.4, -0.2) is 30.7 Å². The molecule has 0 heterocycles. The maximum atomic E-state index is 11.5. The highest BCUT2D eigenvalue weighted by Gasteiger charge is 2.19. The monoisotopic (exact) mass is 214 g/mol. The van der Waals surface area contributed by atoms with Crippen molar-refractivity contribution in [2.75, 3.05) is 7.05 Å². The third-order valence-corrected chi connectivity index (χ3v) is 2.19. The molecule has 2 N–H and O–H groups in total. The number of rotatable bonds is 5. The fourth-order valence-electron chi connectivity index (χ4n) is 0.930. The van der Waals surface area contributed by atoms with Crippen LogP contribution in [0, 0.1) is 5.92 Å². The SMILES string of the molecule is CNC(=O)C[C@@H](C)C(=O)N[C@@H](C)C(C)=O. The summed E-state index contributed by atoms with van der Waals surface area (Å²) in [6.45, 7) is 4.68. The smallest absolute Gasteiger partial charge is 0.223 e. The van der Waals surface area contributed by atoms with Gasteiger partial charge in [-0.05, 0) is 13.8 Å². The van der Waals surface area contributed by atoms with Crippen LogP contribution in [-0.2, 0) is 14.4 Å². The Bertz CT molecular complexity index is 263. The highest BCUT2D eigenvalue weighted by atomic mass is 16.2. The van der Waals surface area contributed by atoms with Crippen LogP contribution < -0.4 is 10.6 Å². The van der Waals surface area contributed by atoms with Crippen LogP contribution >= 0.6 is 0 Å². The largest absolute Gasteiger partial charge is 0.359 e. The van der Waals surface area contributed by atoms with E-state index in [1.54, 1.807) is 13.8 Å². The Kier molecular flexibility index (Phi) is 5.59. The molecular formula is C10H18N2O3. The molecule has 0 rings (SSSR count). The number of amides is 2. The fourth-order valence-corrected chi connectivity index (χ4v) is 0.930. The Hall–Kier alpha value is -1.39. The molecule has 0 aliphatic carbocycles. The van der Waals surface area contributed by atoms with Crippen molar-refractivity contribution in [3.63, 3.8) is 0 Å². The first-order valence-corrected chi connectivity index (χ1v) is 4.89. The van der Waals surface area contributed by atoms with Gasteiger partial charge in [0.1, 0.15) is 0 Å². The van der Waals surface area contributed by atoms with Crippen LogP contribution in [0.2, 0.25) is 0 Å². The van der Waals surface area contributed by atoms with Gasteiger partial charge in [0.05, 0.1) is 6.04 Å². The number of Topliss-reactive ketones (excluding diaryl/α,β-unsaturated/α-hetero) is 1. The number of hydrogen-bond acceptors (Lipinski definition) is 3. The molecule has 0 aromatic heterocycles. The molecule has 0 fully saturated rings. The second-order valence-electron chi connectivity index (χ2n) is 3.62. The molecular weight excluding hydrogens is 196 g/mol. The maximum Gasteiger partial charge on any atom is 0.223 e. The van der Waals surface area contributed by atoms with E-state index in [0.29, 0.717) is 0 Å². The van der Waals surface area contributed by atoms with Crippen molar-refractivity contribution in [1.29, 1.82) is 0 Å². The van der Waals surface area contributed by atoms with E-state index < -0.39 is 12.0 Å². The van der Waals surface area contributed by atoms with Gasteiger partial charge in [-0.1, -0.05) is 6.92 Å². The molecule has 2 amide bonds. The fraction of sp³-hybridized carbons (Fsp3) is 0.700. The van der Waals surface area contributed by atoms with Gasteiger partial charge < -0.3 is 10.6 Å². The van der Waals surface area contributed by atoms with Gasteiger partial charge in [-0.15, -0.1) is 0 Å². The van der Waals surface area contributed by atoms with E-state index in [1.807, 2.05) is 0 Å². The Balaban J connectivity index is 4.10. The van der Waals surface area contributed by atoms with Crippen molar-refractivity contribution in [1.82, 2.24) is 10.6 Å². The van der Waals surface area contributed by atoms with E-state index in [9.17, 15) is 14.4 Å². The molecule has 0 aliphatic heterocycles. The first-order chi connectivity index (χ1) is 6.88. The zero-order valence-corrected chi connectivity index (χ0v) is 9.59. The van der Waals surface area contributed by atoms with Gasteiger partial charge in [0.15, 0.2) is 5.78 Å². The quantitative estimate of drug-likeness (QED) is 0.668. The minimum atomic E-state index is -0.496. The topological polar surface area (TPSA) is 75.3 Å². The summed E-state index contributed by atoms with van der Waals surface area (Å²) in [5, 5.41) is 4.98. The lowest BCUT2D eigenvalue weighted by Gasteiger charge is -2.14. The standard InChI is InChI=1S/C10H18N2O3/c1-6(5-9(14)11-4)10(15)12-7(2)8(3)13/h6-7H,5H2,1-4H3,(H,11,14)(H,12,15)/t6-,7+/m1/s1. The van der Waals surface area contributed by atoms with Crippen molar-refractivity contribution in [2.45, 2.75) is 33.2 Å². The van der Waals surface area contributed by atoms with Crippen LogP contribution in [0.4, 0.5) is 0 Å². The lowest BCUT2D eigenvalue weighted by molar-refractivity contribution is -0.131. The minimum absolute atomic E-state index is 0.101. The number of nitrogens with one attached hydrogen (secondary N) is 2. The maximum absolute atomic E-state index is 11.5. The predicted molar refractivity (Wildman–Crippen MR) is 56.1 cm³/mol. The van der Waals surface area contributed by atoms with E-state index in [0.717, 1.165) is 0 Å². The summed E-state index contributed by atoms with van der Waals surface area (Å²) in [5.74, 6) is -0.989. The van der Waals surface area contributed by atoms with E-state index in [1.165, 1.54) is 14.0 Å². The molecule has 0 aromatic rings. The summed E-state index contributed by atoms with van der Waals surface area (Å²) in [7, 11) is 1.52. The molecule has 0 radical (unpaired) electrons. The number of carbonyl (C=O) groups is 3. The van der Waals surface area contributed by atoms with Crippen molar-refractivity contribution < 1.29 is 14.4 Å². The van der Waals surface area contributed by atoms with Crippen LogP contribution in [0.15, 0.2) is 0 Å². The molecule has 86 valence electrons. The van der Waals surface area contributed by atoms with Gasteiger partial charge in [0.2, 0.25) is 11.8 Å². The van der Waals surface area contributed by atoms with E-state index in [2.05, 4.69) is 10.6 Å². The highest BCUT2D eigenvalue weighted by molar-refractivity contribution is 5.90. The predicted octanol–water partition coefficient (Wildman–Crippen LogP) is -0.148. The van der Waals surface area contributed by atoms with Gasteiger partial charge >= 0.3 is 0 Å². The summed E-state index contributed by atoms with van der Waals surface area (Å²) in [5.41, 5.74) is 0. The molecule has 0 spiro atoms. The normalized spacial score (nSPS) is 13.9. The average molecular weight is 214 g/mol. The lowest BCUT2D eigenvalue weighted by atomic mass is 10.1. The molecule has 0 aromatic carbocycles. The zero-order valence-electron chi connectivity index (χ0n) is 9.59. The Labute approximate surface area is 89.6 Å². The molecule has 0 saturated heterocycles.